The van der Waals surface area contributed by atoms with E-state index in [4.69, 9.17) is 15.0 Å². The second-order valence-corrected chi connectivity index (χ2v) is 3.06. The fraction of sp³-hybridized carbons (Fsp3) is 0.300. The number of hydrogen-bond donors (Lipinski definition) is 2. The lowest BCUT2D eigenvalue weighted by Crippen LogP contribution is -2.10. The lowest BCUT2D eigenvalue weighted by Gasteiger charge is -2.00. The van der Waals surface area contributed by atoms with Gasteiger partial charge in [0.05, 0.1) is 11.1 Å². The van der Waals surface area contributed by atoms with E-state index in [1.54, 1.807) is 0 Å². The summed E-state index contributed by atoms with van der Waals surface area (Å²) >= 11 is 0. The van der Waals surface area contributed by atoms with Crippen LogP contribution >= 0.6 is 0 Å². The zero-order valence-corrected chi connectivity index (χ0v) is 8.49. The minimum absolute atomic E-state index is 0.436. The van der Waals surface area contributed by atoms with Crippen LogP contribution in [-0.2, 0) is 0 Å². The van der Waals surface area contributed by atoms with E-state index in [2.05, 4.69) is 10.5 Å². The van der Waals surface area contributed by atoms with Crippen LogP contribution in [0.2, 0.25) is 0 Å². The predicted molar refractivity (Wildman–Crippen MR) is 58.1 cm³/mol. The molecule has 0 aliphatic rings. The molecule has 0 radical (unpaired) electrons. The van der Waals surface area contributed by atoms with Crippen LogP contribution in [0, 0.1) is 0 Å². The molecule has 2 aromatic rings. The molecule has 2 rings (SSSR count). The number of rotatable bonds is 4. The molecule has 0 fully saturated rings. The molecule has 0 saturated carbocycles. The molecule has 0 amide bonds. The Morgan fingerprint density at radius 2 is 2.40 bits per heavy atom. The van der Waals surface area contributed by atoms with Crippen molar-refractivity contribution >= 4 is 16.7 Å². The number of aromatic nitrogens is 1. The van der Waals surface area contributed by atoms with E-state index < -0.39 is 0 Å². The predicted octanol–water partition coefficient (Wildman–Crippen LogP) is 1.21. The molecule has 5 nitrogen and oxygen atoms in total. The lowest BCUT2D eigenvalue weighted by molar-refractivity contribution is 0.293. The molecule has 0 aliphatic carbocycles. The normalized spacial score (nSPS) is 10.5. The van der Waals surface area contributed by atoms with Gasteiger partial charge < -0.3 is 20.3 Å². The summed E-state index contributed by atoms with van der Waals surface area (Å²) in [5.41, 5.74) is 6.94. The van der Waals surface area contributed by atoms with Gasteiger partial charge in [-0.15, -0.1) is 0 Å². The van der Waals surface area contributed by atoms with Crippen LogP contribution in [0.1, 0.15) is 0 Å². The standard InChI is InChI=1S/C10H13N3O2/c1-12-8-4-2-3-7-9(8)15-13-10(7)14-6-5-11/h2-4,12H,5-6,11H2,1H3. The minimum Gasteiger partial charge on any atom is -0.474 e. The first kappa shape index (κ1) is 9.79. The van der Waals surface area contributed by atoms with Gasteiger partial charge in [-0.1, -0.05) is 6.07 Å². The van der Waals surface area contributed by atoms with E-state index in [0.29, 0.717) is 24.6 Å². The van der Waals surface area contributed by atoms with Crippen LogP contribution in [0.15, 0.2) is 22.7 Å². The summed E-state index contributed by atoms with van der Waals surface area (Å²) in [6.45, 7) is 0.894. The molecular formula is C10H13N3O2. The summed E-state index contributed by atoms with van der Waals surface area (Å²) in [6, 6.07) is 5.74. The molecule has 80 valence electrons. The van der Waals surface area contributed by atoms with Crippen molar-refractivity contribution in [2.24, 2.45) is 5.73 Å². The molecule has 0 aliphatic heterocycles. The Morgan fingerprint density at radius 1 is 1.53 bits per heavy atom. The summed E-state index contributed by atoms with van der Waals surface area (Å²) < 4.78 is 10.5. The Kier molecular flexibility index (Phi) is 2.73. The van der Waals surface area contributed by atoms with E-state index in [1.807, 2.05) is 25.2 Å². The third-order valence-electron chi connectivity index (χ3n) is 2.09. The first-order chi connectivity index (χ1) is 7.36. The topological polar surface area (TPSA) is 73.3 Å². The molecule has 5 heteroatoms. The van der Waals surface area contributed by atoms with Crippen molar-refractivity contribution in [1.82, 2.24) is 5.16 Å². The van der Waals surface area contributed by atoms with Crippen molar-refractivity contribution in [1.29, 1.82) is 0 Å². The molecule has 3 N–H and O–H groups in total. The van der Waals surface area contributed by atoms with Gasteiger partial charge in [0.2, 0.25) is 0 Å². The quantitative estimate of drug-likeness (QED) is 0.788. The number of nitrogens with two attached hydrogens (primary N) is 1. The van der Waals surface area contributed by atoms with Crippen molar-refractivity contribution in [2.45, 2.75) is 0 Å². The van der Waals surface area contributed by atoms with E-state index in [1.165, 1.54) is 0 Å². The van der Waals surface area contributed by atoms with Crippen molar-refractivity contribution < 1.29 is 9.26 Å². The molecule has 0 unspecified atom stereocenters. The van der Waals surface area contributed by atoms with Gasteiger partial charge >= 0.3 is 0 Å². The monoisotopic (exact) mass is 207 g/mol. The summed E-state index contributed by atoms with van der Waals surface area (Å²) in [5, 5.41) is 7.73. The second kappa shape index (κ2) is 4.18. The fourth-order valence-corrected chi connectivity index (χ4v) is 1.40. The number of nitrogens with zero attached hydrogens (tertiary/aromatic N) is 1. The number of fused-ring (bicyclic) bond motifs is 1. The summed E-state index contributed by atoms with van der Waals surface area (Å²) in [4.78, 5) is 0. The van der Waals surface area contributed by atoms with E-state index in [0.717, 1.165) is 11.1 Å². The van der Waals surface area contributed by atoms with Gasteiger partial charge in [0.1, 0.15) is 6.61 Å². The number of anilines is 1. The molecule has 0 atom stereocenters. The highest BCUT2D eigenvalue weighted by molar-refractivity contribution is 5.91. The molecule has 0 bridgehead atoms. The van der Waals surface area contributed by atoms with Crippen molar-refractivity contribution in [3.05, 3.63) is 18.2 Å². The van der Waals surface area contributed by atoms with Crippen LogP contribution in [0.3, 0.4) is 0 Å². The Hall–Kier alpha value is -1.75. The van der Waals surface area contributed by atoms with Crippen LogP contribution in [0.4, 0.5) is 5.69 Å². The van der Waals surface area contributed by atoms with Gasteiger partial charge in [0.25, 0.3) is 5.88 Å². The number of benzene rings is 1. The number of hydrogen-bond acceptors (Lipinski definition) is 5. The van der Waals surface area contributed by atoms with Gasteiger partial charge in [-0.2, -0.15) is 0 Å². The van der Waals surface area contributed by atoms with Gasteiger partial charge in [0.15, 0.2) is 5.58 Å². The molecule has 1 heterocycles. The SMILES string of the molecule is CNc1cccc2c(OCCN)noc12. The van der Waals surface area contributed by atoms with E-state index in [9.17, 15) is 0 Å². The van der Waals surface area contributed by atoms with Gasteiger partial charge in [-0.25, -0.2) is 0 Å². The zero-order valence-electron chi connectivity index (χ0n) is 8.49. The van der Waals surface area contributed by atoms with Gasteiger partial charge in [0, 0.05) is 13.6 Å². The summed E-state index contributed by atoms with van der Waals surface area (Å²) in [7, 11) is 1.83. The first-order valence-electron chi connectivity index (χ1n) is 4.76. The van der Waals surface area contributed by atoms with Gasteiger partial charge in [-0.3, -0.25) is 0 Å². The van der Waals surface area contributed by atoms with E-state index >= 15 is 0 Å². The zero-order chi connectivity index (χ0) is 10.7. The first-order valence-corrected chi connectivity index (χ1v) is 4.76. The maximum Gasteiger partial charge on any atom is 0.262 e. The smallest absolute Gasteiger partial charge is 0.262 e. The molecule has 0 saturated heterocycles. The van der Waals surface area contributed by atoms with Gasteiger partial charge in [-0.05, 0) is 17.3 Å². The Bertz CT molecular complexity index is 453. The largest absolute Gasteiger partial charge is 0.474 e. The van der Waals surface area contributed by atoms with Crippen LogP contribution < -0.4 is 15.8 Å². The van der Waals surface area contributed by atoms with Crippen molar-refractivity contribution in [3.63, 3.8) is 0 Å². The third kappa shape index (κ3) is 1.73. The van der Waals surface area contributed by atoms with Crippen molar-refractivity contribution in [3.8, 4) is 5.88 Å². The average Bonchev–Trinajstić information content (AvgIpc) is 2.69. The van der Waals surface area contributed by atoms with Crippen molar-refractivity contribution in [2.75, 3.05) is 25.5 Å². The number of para-hydroxylation sites is 1. The average molecular weight is 207 g/mol. The Balaban J connectivity index is 2.42. The summed E-state index contributed by atoms with van der Waals surface area (Å²) in [5.74, 6) is 0.493. The Labute approximate surface area is 87.2 Å². The molecular weight excluding hydrogens is 194 g/mol. The highest BCUT2D eigenvalue weighted by atomic mass is 16.5. The molecule has 1 aromatic heterocycles. The maximum absolute atomic E-state index is 5.35. The summed E-state index contributed by atoms with van der Waals surface area (Å²) in [6.07, 6.45) is 0. The highest BCUT2D eigenvalue weighted by Gasteiger charge is 2.11. The number of nitrogens with one attached hydrogen (secondary N) is 1. The third-order valence-corrected chi connectivity index (χ3v) is 2.09. The van der Waals surface area contributed by atoms with Crippen LogP contribution in [0.5, 0.6) is 5.88 Å². The second-order valence-electron chi connectivity index (χ2n) is 3.06. The molecule has 1 aromatic carbocycles. The maximum atomic E-state index is 5.35. The van der Waals surface area contributed by atoms with Crippen LogP contribution in [-0.4, -0.2) is 25.4 Å². The fourth-order valence-electron chi connectivity index (χ4n) is 1.40. The van der Waals surface area contributed by atoms with Crippen LogP contribution in [0.25, 0.3) is 11.0 Å². The highest BCUT2D eigenvalue weighted by Crippen LogP contribution is 2.29. The van der Waals surface area contributed by atoms with E-state index in [-0.39, 0.29) is 0 Å². The number of ether oxygens (including phenoxy) is 1. The minimum atomic E-state index is 0.436. The Morgan fingerprint density at radius 3 is 3.13 bits per heavy atom. The molecule has 0 spiro atoms. The lowest BCUT2D eigenvalue weighted by atomic mass is 10.2. The molecule has 15 heavy (non-hydrogen) atoms.